The van der Waals surface area contributed by atoms with Crippen LogP contribution in [0.4, 0.5) is 16.2 Å². The van der Waals surface area contributed by atoms with Crippen LogP contribution in [0.3, 0.4) is 0 Å². The fourth-order valence-electron chi connectivity index (χ4n) is 3.76. The molecule has 2 heterocycles. The Morgan fingerprint density at radius 1 is 0.885 bits per heavy atom. The molecule has 0 radical (unpaired) electrons. The third kappa shape index (κ3) is 2.72. The van der Waals surface area contributed by atoms with Gasteiger partial charge in [0.1, 0.15) is 5.75 Å². The minimum atomic E-state index is -3.19. The van der Waals surface area contributed by atoms with Gasteiger partial charge in [0, 0.05) is 11.4 Å². The number of fused-ring (bicyclic) bond motifs is 1. The van der Waals surface area contributed by atoms with E-state index in [0.717, 1.165) is 11.3 Å². The zero-order chi connectivity index (χ0) is 18.5. The number of anilines is 2. The number of hydrogen-bond acceptors (Lipinski definition) is 4. The highest BCUT2D eigenvalue weighted by Gasteiger charge is 2.54. The zero-order valence-corrected chi connectivity index (χ0v) is 15.4. The Labute approximate surface area is 152 Å². The Morgan fingerprint density at radius 3 is 1.81 bits per heavy atom. The molecular formula is C19H20N2O4S. The second-order valence-corrected chi connectivity index (χ2v) is 8.92. The number of urea groups is 1. The molecule has 2 aliphatic heterocycles. The van der Waals surface area contributed by atoms with E-state index in [1.807, 2.05) is 31.2 Å². The van der Waals surface area contributed by atoms with Gasteiger partial charge in [0.15, 0.2) is 9.84 Å². The van der Waals surface area contributed by atoms with E-state index in [9.17, 15) is 13.2 Å². The molecule has 0 aromatic heterocycles. The first-order valence-corrected chi connectivity index (χ1v) is 10.3. The Morgan fingerprint density at radius 2 is 1.35 bits per heavy atom. The van der Waals surface area contributed by atoms with E-state index in [0.29, 0.717) is 11.4 Å². The molecule has 2 atom stereocenters. The summed E-state index contributed by atoms with van der Waals surface area (Å²) in [6, 6.07) is 13.8. The van der Waals surface area contributed by atoms with Crippen molar-refractivity contribution in [2.75, 3.05) is 28.4 Å². The molecule has 0 spiro atoms. The number of carbonyl (C=O) groups excluding carboxylic acids is 1. The molecule has 26 heavy (non-hydrogen) atoms. The quantitative estimate of drug-likeness (QED) is 0.777. The van der Waals surface area contributed by atoms with Crippen LogP contribution in [-0.2, 0) is 9.84 Å². The summed E-state index contributed by atoms with van der Waals surface area (Å²) in [4.78, 5) is 16.4. The molecule has 2 saturated heterocycles. The van der Waals surface area contributed by atoms with Gasteiger partial charge in [0.25, 0.3) is 0 Å². The summed E-state index contributed by atoms with van der Waals surface area (Å²) in [7, 11) is -1.61. The maximum atomic E-state index is 13.2. The van der Waals surface area contributed by atoms with Crippen LogP contribution in [0.5, 0.6) is 5.75 Å². The minimum Gasteiger partial charge on any atom is -0.497 e. The molecule has 0 bridgehead atoms. The molecule has 4 rings (SSSR count). The maximum absolute atomic E-state index is 13.2. The van der Waals surface area contributed by atoms with Crippen molar-refractivity contribution in [3.63, 3.8) is 0 Å². The second kappa shape index (κ2) is 6.02. The highest BCUT2D eigenvalue weighted by Crippen LogP contribution is 2.38. The Balaban J connectivity index is 1.77. The Bertz CT molecular complexity index is 939. The van der Waals surface area contributed by atoms with Gasteiger partial charge in [-0.2, -0.15) is 0 Å². The molecule has 7 heteroatoms. The fraction of sp³-hybridized carbons (Fsp3) is 0.316. The summed E-state index contributed by atoms with van der Waals surface area (Å²) < 4.78 is 29.7. The standard InChI is InChI=1S/C19H20N2O4S/c1-13-3-5-14(6-4-13)20-17-11-26(23,24)12-18(17)21(19(20)22)15-7-9-16(25-2)10-8-15/h3-10,17-18H,11-12H2,1-2H3/t17-,18-/m1/s1. The van der Waals surface area contributed by atoms with Crippen LogP contribution in [0.1, 0.15) is 5.56 Å². The van der Waals surface area contributed by atoms with Gasteiger partial charge in [-0.15, -0.1) is 0 Å². The smallest absolute Gasteiger partial charge is 0.329 e. The molecule has 6 nitrogen and oxygen atoms in total. The average Bonchev–Trinajstić information content (AvgIpc) is 3.05. The number of sulfone groups is 1. The Hall–Kier alpha value is -2.54. The normalized spacial score (nSPS) is 24.0. The summed E-state index contributed by atoms with van der Waals surface area (Å²) in [5.74, 6) is 0.660. The van der Waals surface area contributed by atoms with Crippen LogP contribution in [0.15, 0.2) is 48.5 Å². The zero-order valence-electron chi connectivity index (χ0n) is 14.6. The minimum absolute atomic E-state index is 0.00998. The van der Waals surface area contributed by atoms with Gasteiger partial charge < -0.3 is 4.74 Å². The first kappa shape index (κ1) is 16.9. The predicted octanol–water partition coefficient (Wildman–Crippen LogP) is 2.62. The first-order chi connectivity index (χ1) is 12.4. The van der Waals surface area contributed by atoms with Crippen molar-refractivity contribution in [2.45, 2.75) is 19.0 Å². The van der Waals surface area contributed by atoms with Crippen LogP contribution in [-0.4, -0.2) is 45.1 Å². The molecule has 136 valence electrons. The molecule has 0 aliphatic carbocycles. The fourth-order valence-corrected chi connectivity index (χ4v) is 5.67. The predicted molar refractivity (Wildman–Crippen MR) is 101 cm³/mol. The summed E-state index contributed by atoms with van der Waals surface area (Å²) in [6.07, 6.45) is 0. The third-order valence-electron chi connectivity index (χ3n) is 5.03. The second-order valence-electron chi connectivity index (χ2n) is 6.77. The van der Waals surface area contributed by atoms with Crippen LogP contribution >= 0.6 is 0 Å². The van der Waals surface area contributed by atoms with Gasteiger partial charge in [0.05, 0.1) is 30.7 Å². The van der Waals surface area contributed by atoms with E-state index in [1.54, 1.807) is 41.2 Å². The number of amides is 2. The maximum Gasteiger partial charge on any atom is 0.329 e. The number of aryl methyl sites for hydroxylation is 1. The summed E-state index contributed by atoms with van der Waals surface area (Å²) in [5, 5.41) is 0. The van der Waals surface area contributed by atoms with E-state index in [1.165, 1.54) is 0 Å². The van der Waals surface area contributed by atoms with Crippen LogP contribution < -0.4 is 14.5 Å². The Kier molecular flexibility index (Phi) is 3.91. The number of rotatable bonds is 3. The van der Waals surface area contributed by atoms with E-state index in [4.69, 9.17) is 4.74 Å². The average molecular weight is 372 g/mol. The van der Waals surface area contributed by atoms with Crippen molar-refractivity contribution in [1.82, 2.24) is 0 Å². The van der Waals surface area contributed by atoms with Crippen molar-refractivity contribution in [2.24, 2.45) is 0 Å². The highest BCUT2D eigenvalue weighted by molar-refractivity contribution is 7.91. The number of nitrogens with zero attached hydrogens (tertiary/aromatic N) is 2. The summed E-state index contributed by atoms with van der Waals surface area (Å²) in [5.41, 5.74) is 2.49. The lowest BCUT2D eigenvalue weighted by Crippen LogP contribution is -2.37. The van der Waals surface area contributed by atoms with Gasteiger partial charge in [0.2, 0.25) is 0 Å². The molecule has 2 aromatic carbocycles. The lowest BCUT2D eigenvalue weighted by atomic mass is 10.1. The van der Waals surface area contributed by atoms with E-state index >= 15 is 0 Å². The van der Waals surface area contributed by atoms with Crippen molar-refractivity contribution in [3.8, 4) is 5.75 Å². The van der Waals surface area contributed by atoms with E-state index in [-0.39, 0.29) is 29.6 Å². The lowest BCUT2D eigenvalue weighted by molar-refractivity contribution is 0.255. The van der Waals surface area contributed by atoms with Gasteiger partial charge in [-0.1, -0.05) is 17.7 Å². The summed E-state index contributed by atoms with van der Waals surface area (Å²) in [6.45, 7) is 1.97. The molecule has 2 amide bonds. The topological polar surface area (TPSA) is 66.9 Å². The number of benzene rings is 2. The van der Waals surface area contributed by atoms with Crippen LogP contribution in [0.25, 0.3) is 0 Å². The monoisotopic (exact) mass is 372 g/mol. The first-order valence-electron chi connectivity index (χ1n) is 8.43. The van der Waals surface area contributed by atoms with Crippen LogP contribution in [0, 0.1) is 6.92 Å². The SMILES string of the molecule is COc1ccc(N2C(=O)N(c3ccc(C)cc3)[C@@H]3CS(=O)(=O)C[C@H]32)cc1. The molecule has 0 saturated carbocycles. The summed E-state index contributed by atoms with van der Waals surface area (Å²) >= 11 is 0. The molecule has 2 fully saturated rings. The lowest BCUT2D eigenvalue weighted by Gasteiger charge is -2.23. The van der Waals surface area contributed by atoms with Gasteiger partial charge in [-0.05, 0) is 43.3 Å². The van der Waals surface area contributed by atoms with Crippen LogP contribution in [0.2, 0.25) is 0 Å². The van der Waals surface area contributed by atoms with E-state index < -0.39 is 9.84 Å². The van der Waals surface area contributed by atoms with Crippen molar-refractivity contribution in [3.05, 3.63) is 54.1 Å². The van der Waals surface area contributed by atoms with Gasteiger partial charge in [-0.25, -0.2) is 13.2 Å². The highest BCUT2D eigenvalue weighted by atomic mass is 32.2. The number of carbonyl (C=O) groups is 1. The molecule has 0 N–H and O–H groups in total. The van der Waals surface area contributed by atoms with Crippen molar-refractivity contribution in [1.29, 1.82) is 0 Å². The van der Waals surface area contributed by atoms with Gasteiger partial charge >= 0.3 is 6.03 Å². The largest absolute Gasteiger partial charge is 0.497 e. The number of hydrogen-bond donors (Lipinski definition) is 0. The van der Waals surface area contributed by atoms with E-state index in [2.05, 4.69) is 0 Å². The van der Waals surface area contributed by atoms with Crippen molar-refractivity contribution >= 4 is 27.2 Å². The number of methoxy groups -OCH3 is 1. The van der Waals surface area contributed by atoms with Crippen molar-refractivity contribution < 1.29 is 17.9 Å². The molecule has 2 aliphatic rings. The molecule has 2 aromatic rings. The third-order valence-corrected chi connectivity index (χ3v) is 6.73. The molecule has 0 unspecified atom stereocenters. The van der Waals surface area contributed by atoms with Gasteiger partial charge in [-0.3, -0.25) is 9.80 Å². The molecular weight excluding hydrogens is 352 g/mol. The number of ether oxygens (including phenoxy) is 1.